The van der Waals surface area contributed by atoms with Gasteiger partial charge in [-0.15, -0.1) is 6.58 Å². The van der Waals surface area contributed by atoms with E-state index in [9.17, 15) is 5.11 Å². The van der Waals surface area contributed by atoms with Gasteiger partial charge in [-0.25, -0.2) is 0 Å². The van der Waals surface area contributed by atoms with Gasteiger partial charge in [0.05, 0.1) is 6.10 Å². The van der Waals surface area contributed by atoms with Crippen LogP contribution in [0.4, 0.5) is 0 Å². The molecule has 216 valence electrons. The molecule has 1 atom stereocenters. The van der Waals surface area contributed by atoms with Crippen LogP contribution in [0.15, 0.2) is 12.7 Å². The van der Waals surface area contributed by atoms with Crippen LogP contribution in [-0.2, 0) is 0 Å². The van der Waals surface area contributed by atoms with Crippen LogP contribution in [0.1, 0.15) is 206 Å². The molecule has 0 heterocycles. The minimum atomic E-state index is -0.0388. The monoisotopic (exact) mass is 507 g/mol. The van der Waals surface area contributed by atoms with E-state index in [2.05, 4.69) is 13.5 Å². The van der Waals surface area contributed by atoms with Gasteiger partial charge in [0.15, 0.2) is 0 Å². The Kier molecular flexibility index (Phi) is 32.5. The molecule has 36 heavy (non-hydrogen) atoms. The fourth-order valence-corrected chi connectivity index (χ4v) is 5.51. The number of hydrogen-bond donors (Lipinski definition) is 1. The molecule has 0 spiro atoms. The Morgan fingerprint density at radius 3 is 0.944 bits per heavy atom. The number of rotatable bonds is 32. The SMILES string of the molecule is C=CCCCCCCCCCCCCCC[C@@H](O)CCCCCCCCCCCCCCCCCC. The maximum atomic E-state index is 10.3. The van der Waals surface area contributed by atoms with Gasteiger partial charge in [0, 0.05) is 0 Å². The van der Waals surface area contributed by atoms with Crippen LogP contribution in [0.3, 0.4) is 0 Å². The molecular weight excluding hydrogens is 436 g/mol. The molecule has 1 N–H and O–H groups in total. The zero-order valence-electron chi connectivity index (χ0n) is 25.2. The molecular formula is C35H70O. The van der Waals surface area contributed by atoms with E-state index in [0.29, 0.717) is 0 Å². The van der Waals surface area contributed by atoms with E-state index in [-0.39, 0.29) is 6.10 Å². The van der Waals surface area contributed by atoms with Gasteiger partial charge in [-0.05, 0) is 25.7 Å². The Hall–Kier alpha value is -0.300. The lowest BCUT2D eigenvalue weighted by Crippen LogP contribution is -2.05. The van der Waals surface area contributed by atoms with Crippen molar-refractivity contribution < 1.29 is 5.11 Å². The van der Waals surface area contributed by atoms with Crippen LogP contribution in [0.25, 0.3) is 0 Å². The zero-order valence-corrected chi connectivity index (χ0v) is 25.2. The Labute approximate surface area is 229 Å². The van der Waals surface area contributed by atoms with E-state index < -0.39 is 0 Å². The minimum absolute atomic E-state index is 0.0388. The lowest BCUT2D eigenvalue weighted by molar-refractivity contribution is 0.147. The highest BCUT2D eigenvalue weighted by molar-refractivity contribution is 4.65. The van der Waals surface area contributed by atoms with Gasteiger partial charge in [-0.2, -0.15) is 0 Å². The first-order valence-corrected chi connectivity index (χ1v) is 17.1. The van der Waals surface area contributed by atoms with Crippen molar-refractivity contribution in [2.75, 3.05) is 0 Å². The number of aliphatic hydroxyl groups excluding tert-OH is 1. The lowest BCUT2D eigenvalue weighted by atomic mass is 10.0. The number of unbranched alkanes of at least 4 members (excludes halogenated alkanes) is 27. The molecule has 1 nitrogen and oxygen atoms in total. The van der Waals surface area contributed by atoms with Crippen molar-refractivity contribution in [2.45, 2.75) is 212 Å². The third-order valence-corrected chi connectivity index (χ3v) is 8.09. The number of aliphatic hydroxyl groups is 1. The van der Waals surface area contributed by atoms with E-state index in [4.69, 9.17) is 0 Å². The lowest BCUT2D eigenvalue weighted by Gasteiger charge is -2.10. The van der Waals surface area contributed by atoms with Crippen molar-refractivity contribution in [1.82, 2.24) is 0 Å². The zero-order chi connectivity index (χ0) is 26.2. The summed E-state index contributed by atoms with van der Waals surface area (Å²) in [6.45, 7) is 6.09. The van der Waals surface area contributed by atoms with Crippen molar-refractivity contribution in [1.29, 1.82) is 0 Å². The van der Waals surface area contributed by atoms with Crippen LogP contribution in [-0.4, -0.2) is 11.2 Å². The number of allylic oxidation sites excluding steroid dienone is 1. The van der Waals surface area contributed by atoms with Gasteiger partial charge in [0.1, 0.15) is 0 Å². The predicted molar refractivity (Wildman–Crippen MR) is 165 cm³/mol. The maximum Gasteiger partial charge on any atom is 0.0540 e. The standard InChI is InChI=1S/C35H70O/c1-3-5-7-9-11-13-15-17-19-20-22-24-26-28-30-32-34-35(36)33-31-29-27-25-23-21-18-16-14-12-10-8-6-4-2/h4,35-36H,2-3,5-34H2,1H3/t35-/m1/s1. The van der Waals surface area contributed by atoms with Crippen molar-refractivity contribution in [3.63, 3.8) is 0 Å². The largest absolute Gasteiger partial charge is 0.393 e. The van der Waals surface area contributed by atoms with Crippen molar-refractivity contribution in [3.05, 3.63) is 12.7 Å². The maximum absolute atomic E-state index is 10.3. The van der Waals surface area contributed by atoms with Gasteiger partial charge in [-0.1, -0.05) is 186 Å². The summed E-state index contributed by atoms with van der Waals surface area (Å²) in [5, 5.41) is 10.3. The van der Waals surface area contributed by atoms with E-state index in [1.165, 1.54) is 186 Å². The topological polar surface area (TPSA) is 20.2 Å². The van der Waals surface area contributed by atoms with Crippen LogP contribution in [0.5, 0.6) is 0 Å². The van der Waals surface area contributed by atoms with Gasteiger partial charge >= 0.3 is 0 Å². The molecule has 1 heteroatoms. The molecule has 0 amide bonds. The average Bonchev–Trinajstić information content (AvgIpc) is 2.88. The van der Waals surface area contributed by atoms with Crippen molar-refractivity contribution in [3.8, 4) is 0 Å². The third kappa shape index (κ3) is 31.7. The smallest absolute Gasteiger partial charge is 0.0540 e. The normalized spacial score (nSPS) is 12.3. The van der Waals surface area contributed by atoms with Crippen LogP contribution < -0.4 is 0 Å². The molecule has 0 aromatic carbocycles. The molecule has 0 aromatic rings. The molecule has 0 aliphatic rings. The Morgan fingerprint density at radius 1 is 0.417 bits per heavy atom. The molecule has 0 saturated heterocycles. The highest BCUT2D eigenvalue weighted by atomic mass is 16.3. The molecule has 0 aliphatic carbocycles. The summed E-state index contributed by atoms with van der Waals surface area (Å²) in [7, 11) is 0. The van der Waals surface area contributed by atoms with E-state index >= 15 is 0 Å². The summed E-state index contributed by atoms with van der Waals surface area (Å²) in [4.78, 5) is 0. The quantitative estimate of drug-likeness (QED) is 0.0710. The molecule has 0 aliphatic heterocycles. The summed E-state index contributed by atoms with van der Waals surface area (Å²) in [6, 6.07) is 0. The second-order valence-corrected chi connectivity index (χ2v) is 11.9. The van der Waals surface area contributed by atoms with Crippen LogP contribution in [0, 0.1) is 0 Å². The third-order valence-electron chi connectivity index (χ3n) is 8.09. The Morgan fingerprint density at radius 2 is 0.667 bits per heavy atom. The molecule has 0 rings (SSSR count). The minimum Gasteiger partial charge on any atom is -0.393 e. The molecule has 0 bridgehead atoms. The predicted octanol–water partition coefficient (Wildman–Crippen LogP) is 12.6. The summed E-state index contributed by atoms with van der Waals surface area (Å²) in [6.07, 6.45) is 44.5. The number of hydrogen-bond acceptors (Lipinski definition) is 1. The second kappa shape index (κ2) is 32.7. The molecule has 0 fully saturated rings. The van der Waals surface area contributed by atoms with Gasteiger partial charge in [0.2, 0.25) is 0 Å². The summed E-state index contributed by atoms with van der Waals surface area (Å²) < 4.78 is 0. The first-order chi connectivity index (χ1) is 17.8. The first kappa shape index (κ1) is 35.7. The van der Waals surface area contributed by atoms with Gasteiger partial charge < -0.3 is 5.11 Å². The Bertz CT molecular complexity index is 390. The molecule has 0 radical (unpaired) electrons. The van der Waals surface area contributed by atoms with Crippen LogP contribution >= 0.6 is 0 Å². The van der Waals surface area contributed by atoms with Crippen molar-refractivity contribution in [2.24, 2.45) is 0 Å². The fraction of sp³-hybridized carbons (Fsp3) is 0.943. The second-order valence-electron chi connectivity index (χ2n) is 11.9. The molecule has 0 aromatic heterocycles. The van der Waals surface area contributed by atoms with Crippen LogP contribution in [0.2, 0.25) is 0 Å². The molecule has 0 saturated carbocycles. The summed E-state index contributed by atoms with van der Waals surface area (Å²) in [5.41, 5.74) is 0. The fourth-order valence-electron chi connectivity index (χ4n) is 5.51. The first-order valence-electron chi connectivity index (χ1n) is 17.1. The summed E-state index contributed by atoms with van der Waals surface area (Å²) in [5.74, 6) is 0. The van der Waals surface area contributed by atoms with Gasteiger partial charge in [-0.3, -0.25) is 0 Å². The van der Waals surface area contributed by atoms with E-state index in [0.717, 1.165) is 12.8 Å². The van der Waals surface area contributed by atoms with Crippen molar-refractivity contribution >= 4 is 0 Å². The highest BCUT2D eigenvalue weighted by Gasteiger charge is 2.04. The Balaban J connectivity index is 3.13. The van der Waals surface area contributed by atoms with Gasteiger partial charge in [0.25, 0.3) is 0 Å². The highest BCUT2D eigenvalue weighted by Crippen LogP contribution is 2.17. The average molecular weight is 507 g/mol. The van der Waals surface area contributed by atoms with E-state index in [1.54, 1.807) is 0 Å². The van der Waals surface area contributed by atoms with E-state index in [1.807, 2.05) is 6.08 Å². The summed E-state index contributed by atoms with van der Waals surface area (Å²) >= 11 is 0. The molecule has 0 unspecified atom stereocenters.